The van der Waals surface area contributed by atoms with Crippen molar-refractivity contribution in [3.05, 3.63) is 62.6 Å². The SMILES string of the molecule is O=C(CCc1nc2sc3c(c2c(=O)[nH]1)CCCC3)N1CCC(c2c[nH]c3ccccc23)CC1. The Morgan fingerprint density at radius 2 is 1.97 bits per heavy atom. The van der Waals surface area contributed by atoms with Crippen molar-refractivity contribution >= 4 is 38.4 Å². The Morgan fingerprint density at radius 3 is 2.85 bits per heavy atom. The van der Waals surface area contributed by atoms with Crippen LogP contribution in [0.4, 0.5) is 0 Å². The monoisotopic (exact) mass is 460 g/mol. The highest BCUT2D eigenvalue weighted by Crippen LogP contribution is 2.34. The van der Waals surface area contributed by atoms with Gasteiger partial charge >= 0.3 is 0 Å². The fourth-order valence-corrected chi connectivity index (χ4v) is 6.86. The third-order valence-electron chi connectivity index (χ3n) is 7.36. The molecule has 0 atom stereocenters. The summed E-state index contributed by atoms with van der Waals surface area (Å²) in [6, 6.07) is 8.42. The number of nitrogens with one attached hydrogen (secondary N) is 2. The number of H-pyrrole nitrogens is 2. The van der Waals surface area contributed by atoms with Crippen LogP contribution in [-0.2, 0) is 24.1 Å². The van der Waals surface area contributed by atoms with Crippen LogP contribution in [0.15, 0.2) is 35.3 Å². The first-order chi connectivity index (χ1) is 16.2. The highest BCUT2D eigenvalue weighted by molar-refractivity contribution is 7.18. The van der Waals surface area contributed by atoms with Gasteiger partial charge in [-0.1, -0.05) is 18.2 Å². The number of piperidine rings is 1. The van der Waals surface area contributed by atoms with E-state index in [1.165, 1.54) is 33.3 Å². The summed E-state index contributed by atoms with van der Waals surface area (Å²) in [7, 11) is 0. The average molecular weight is 461 g/mol. The number of para-hydroxylation sites is 1. The van der Waals surface area contributed by atoms with Gasteiger partial charge in [-0.15, -0.1) is 11.3 Å². The van der Waals surface area contributed by atoms with Gasteiger partial charge in [-0.3, -0.25) is 9.59 Å². The zero-order chi connectivity index (χ0) is 22.4. The standard InChI is InChI=1S/C26H28N4O2S/c31-23(30-13-11-16(12-14-30)19-15-27-20-7-3-1-5-17(19)20)10-9-22-28-25(32)24-18-6-2-4-8-21(18)33-26(24)29-22/h1,3,5,7,15-16,27H,2,4,6,8-14H2,(H,28,29,32). The maximum atomic E-state index is 12.9. The Labute approximate surface area is 196 Å². The lowest BCUT2D eigenvalue weighted by molar-refractivity contribution is -0.132. The average Bonchev–Trinajstić information content (AvgIpc) is 3.44. The van der Waals surface area contributed by atoms with Gasteiger partial charge in [-0.05, 0) is 61.6 Å². The van der Waals surface area contributed by atoms with E-state index >= 15 is 0 Å². The number of hydrogen-bond donors (Lipinski definition) is 2. The molecule has 3 aromatic heterocycles. The maximum absolute atomic E-state index is 12.9. The number of thiophene rings is 1. The molecule has 1 amide bonds. The summed E-state index contributed by atoms with van der Waals surface area (Å²) in [4.78, 5) is 40.8. The Kier molecular flexibility index (Phi) is 5.29. The third-order valence-corrected chi connectivity index (χ3v) is 8.54. The minimum atomic E-state index is -0.0404. The molecule has 1 aliphatic heterocycles. The van der Waals surface area contributed by atoms with Crippen molar-refractivity contribution in [3.63, 3.8) is 0 Å². The van der Waals surface area contributed by atoms with E-state index in [1.54, 1.807) is 11.3 Å². The van der Waals surface area contributed by atoms with Crippen LogP contribution in [0.25, 0.3) is 21.1 Å². The van der Waals surface area contributed by atoms with Gasteiger partial charge in [0.15, 0.2) is 0 Å². The number of hydrogen-bond acceptors (Lipinski definition) is 4. The molecule has 1 fully saturated rings. The van der Waals surface area contributed by atoms with E-state index in [-0.39, 0.29) is 11.5 Å². The predicted molar refractivity (Wildman–Crippen MR) is 132 cm³/mol. The Balaban J connectivity index is 1.10. The Morgan fingerprint density at radius 1 is 1.15 bits per heavy atom. The zero-order valence-electron chi connectivity index (χ0n) is 18.7. The molecule has 0 unspecified atom stereocenters. The van der Waals surface area contributed by atoms with E-state index in [4.69, 9.17) is 4.98 Å². The van der Waals surface area contributed by atoms with Crippen molar-refractivity contribution in [2.24, 2.45) is 0 Å². The van der Waals surface area contributed by atoms with Crippen LogP contribution in [0.2, 0.25) is 0 Å². The number of aromatic nitrogens is 3. The number of aryl methyl sites for hydroxylation is 3. The van der Waals surface area contributed by atoms with Gasteiger partial charge < -0.3 is 14.9 Å². The second-order valence-corrected chi connectivity index (χ2v) is 10.4. The maximum Gasteiger partial charge on any atom is 0.259 e. The summed E-state index contributed by atoms with van der Waals surface area (Å²) in [5, 5.41) is 2.08. The van der Waals surface area contributed by atoms with Gasteiger partial charge in [0, 0.05) is 47.9 Å². The lowest BCUT2D eigenvalue weighted by Gasteiger charge is -2.32. The Hall–Kier alpha value is -2.93. The molecule has 7 heteroatoms. The number of aromatic amines is 2. The normalized spacial score (nSPS) is 17.0. The molecule has 2 aliphatic rings. The summed E-state index contributed by atoms with van der Waals surface area (Å²) in [6.07, 6.45) is 9.33. The number of fused-ring (bicyclic) bond motifs is 4. The number of carbonyl (C=O) groups is 1. The predicted octanol–water partition coefficient (Wildman–Crippen LogP) is 4.68. The van der Waals surface area contributed by atoms with Crippen LogP contribution >= 0.6 is 11.3 Å². The fourth-order valence-electron chi connectivity index (χ4n) is 5.58. The quantitative estimate of drug-likeness (QED) is 0.464. The largest absolute Gasteiger partial charge is 0.361 e. The summed E-state index contributed by atoms with van der Waals surface area (Å²) in [6.45, 7) is 1.56. The summed E-state index contributed by atoms with van der Waals surface area (Å²) in [5.74, 6) is 1.27. The lowest BCUT2D eigenvalue weighted by atomic mass is 9.89. The van der Waals surface area contributed by atoms with E-state index in [0.29, 0.717) is 24.6 Å². The van der Waals surface area contributed by atoms with Gasteiger partial charge in [0.2, 0.25) is 5.91 Å². The molecule has 33 heavy (non-hydrogen) atoms. The topological polar surface area (TPSA) is 81.8 Å². The van der Waals surface area contributed by atoms with E-state index < -0.39 is 0 Å². The second kappa shape index (κ2) is 8.45. The van der Waals surface area contributed by atoms with Crippen LogP contribution in [-0.4, -0.2) is 38.8 Å². The van der Waals surface area contributed by atoms with Gasteiger partial charge in [-0.25, -0.2) is 4.98 Å². The first-order valence-corrected chi connectivity index (χ1v) is 12.9. The van der Waals surface area contributed by atoms with Crippen LogP contribution < -0.4 is 5.56 Å². The van der Waals surface area contributed by atoms with Crippen molar-refractivity contribution in [1.82, 2.24) is 19.9 Å². The van der Waals surface area contributed by atoms with Gasteiger partial charge in [0.1, 0.15) is 10.7 Å². The van der Waals surface area contributed by atoms with Gasteiger partial charge in [0.25, 0.3) is 5.56 Å². The third kappa shape index (κ3) is 3.78. The van der Waals surface area contributed by atoms with E-state index in [1.807, 2.05) is 4.90 Å². The highest BCUT2D eigenvalue weighted by atomic mass is 32.1. The molecule has 1 aromatic carbocycles. The molecule has 1 saturated heterocycles. The number of carbonyl (C=O) groups excluding carboxylic acids is 1. The van der Waals surface area contributed by atoms with E-state index in [9.17, 15) is 9.59 Å². The van der Waals surface area contributed by atoms with Crippen LogP contribution in [0.5, 0.6) is 0 Å². The van der Waals surface area contributed by atoms with Crippen molar-refractivity contribution in [3.8, 4) is 0 Å². The van der Waals surface area contributed by atoms with Crippen molar-refractivity contribution in [2.45, 2.75) is 57.3 Å². The molecule has 0 radical (unpaired) electrons. The van der Waals surface area contributed by atoms with Crippen molar-refractivity contribution < 1.29 is 4.79 Å². The summed E-state index contributed by atoms with van der Waals surface area (Å²) < 4.78 is 0. The minimum Gasteiger partial charge on any atom is -0.361 e. The minimum absolute atomic E-state index is 0.0404. The molecule has 6 rings (SSSR count). The zero-order valence-corrected chi connectivity index (χ0v) is 19.5. The molecular weight excluding hydrogens is 432 g/mol. The van der Waals surface area contributed by atoms with Gasteiger partial charge in [0.05, 0.1) is 5.39 Å². The molecule has 0 saturated carbocycles. The molecule has 170 valence electrons. The van der Waals surface area contributed by atoms with Crippen LogP contribution in [0.1, 0.15) is 59.9 Å². The number of rotatable bonds is 4. The van der Waals surface area contributed by atoms with Crippen molar-refractivity contribution in [1.29, 1.82) is 0 Å². The molecule has 6 nitrogen and oxygen atoms in total. The number of benzene rings is 1. The molecule has 0 spiro atoms. The second-order valence-electron chi connectivity index (χ2n) is 9.35. The first-order valence-electron chi connectivity index (χ1n) is 12.0. The Bertz CT molecular complexity index is 1390. The van der Waals surface area contributed by atoms with E-state index in [0.717, 1.165) is 55.4 Å². The number of likely N-dealkylation sites (tertiary alicyclic amines) is 1. The molecule has 1 aliphatic carbocycles. The van der Waals surface area contributed by atoms with E-state index in [2.05, 4.69) is 40.4 Å². The van der Waals surface area contributed by atoms with Gasteiger partial charge in [-0.2, -0.15) is 0 Å². The molecular formula is C26H28N4O2S. The number of amides is 1. The lowest BCUT2D eigenvalue weighted by Crippen LogP contribution is -2.38. The smallest absolute Gasteiger partial charge is 0.259 e. The molecule has 2 N–H and O–H groups in total. The highest BCUT2D eigenvalue weighted by Gasteiger charge is 2.26. The molecule has 4 heterocycles. The fraction of sp³-hybridized carbons (Fsp3) is 0.423. The first kappa shape index (κ1) is 20.7. The van der Waals surface area contributed by atoms with Crippen molar-refractivity contribution in [2.75, 3.05) is 13.1 Å². The number of nitrogens with zero attached hydrogens (tertiary/aromatic N) is 2. The van der Waals surface area contributed by atoms with Crippen LogP contribution in [0.3, 0.4) is 0 Å². The summed E-state index contributed by atoms with van der Waals surface area (Å²) in [5.41, 5.74) is 3.71. The molecule has 0 bridgehead atoms. The summed E-state index contributed by atoms with van der Waals surface area (Å²) >= 11 is 1.66. The molecule has 4 aromatic rings. The van der Waals surface area contributed by atoms with Crippen LogP contribution in [0, 0.1) is 0 Å².